The van der Waals surface area contributed by atoms with E-state index in [9.17, 15) is 5.11 Å². The molecular formula is C17H25NO. The monoisotopic (exact) mass is 259 g/mol. The van der Waals surface area contributed by atoms with Crippen molar-refractivity contribution in [3.8, 4) is 5.75 Å². The summed E-state index contributed by atoms with van der Waals surface area (Å²) in [6.07, 6.45) is 4.89. The lowest BCUT2D eigenvalue weighted by atomic mass is 9.86. The van der Waals surface area contributed by atoms with Gasteiger partial charge >= 0.3 is 0 Å². The van der Waals surface area contributed by atoms with Crippen molar-refractivity contribution in [2.45, 2.75) is 45.6 Å². The molecule has 2 aliphatic rings. The minimum atomic E-state index is 0.497. The number of piperidine rings is 1. The van der Waals surface area contributed by atoms with E-state index in [0.717, 1.165) is 18.3 Å². The number of fused-ring (bicyclic) bond motifs is 1. The van der Waals surface area contributed by atoms with Crippen molar-refractivity contribution in [2.24, 2.45) is 11.8 Å². The third kappa shape index (κ3) is 2.38. The Hall–Kier alpha value is -1.02. The minimum Gasteiger partial charge on any atom is -0.508 e. The summed E-state index contributed by atoms with van der Waals surface area (Å²) in [5, 5.41) is 9.94. The summed E-state index contributed by atoms with van der Waals surface area (Å²) in [5.74, 6) is 2.22. The van der Waals surface area contributed by atoms with E-state index in [0.29, 0.717) is 11.8 Å². The molecule has 1 aromatic rings. The van der Waals surface area contributed by atoms with E-state index >= 15 is 0 Å². The van der Waals surface area contributed by atoms with E-state index in [-0.39, 0.29) is 0 Å². The number of hydrogen-bond acceptors (Lipinski definition) is 2. The van der Waals surface area contributed by atoms with Crippen molar-refractivity contribution < 1.29 is 5.11 Å². The molecule has 2 heteroatoms. The van der Waals surface area contributed by atoms with Gasteiger partial charge in [0.2, 0.25) is 0 Å². The Kier molecular flexibility index (Phi) is 3.53. The Morgan fingerprint density at radius 1 is 1.16 bits per heavy atom. The van der Waals surface area contributed by atoms with E-state index in [1.807, 2.05) is 12.1 Å². The Labute approximate surface area is 116 Å². The van der Waals surface area contributed by atoms with E-state index in [4.69, 9.17) is 0 Å². The normalized spacial score (nSPS) is 24.9. The number of aromatic hydroxyl groups is 1. The molecule has 1 atom stereocenters. The highest BCUT2D eigenvalue weighted by Crippen LogP contribution is 2.41. The van der Waals surface area contributed by atoms with Gasteiger partial charge in [0.25, 0.3) is 0 Å². The maximum absolute atomic E-state index is 9.94. The highest BCUT2D eigenvalue weighted by Gasteiger charge is 2.32. The second kappa shape index (κ2) is 5.16. The molecule has 0 amide bonds. The summed E-state index contributed by atoms with van der Waals surface area (Å²) in [5.41, 5.74) is 2.57. The quantitative estimate of drug-likeness (QED) is 0.874. The Balaban J connectivity index is 1.72. The fourth-order valence-electron chi connectivity index (χ4n) is 3.89. The smallest absolute Gasteiger partial charge is 0.119 e. The van der Waals surface area contributed by atoms with Gasteiger partial charge in [-0.3, -0.25) is 4.90 Å². The van der Waals surface area contributed by atoms with Crippen LogP contribution in [0.4, 0.5) is 0 Å². The molecule has 1 unspecified atom stereocenters. The lowest BCUT2D eigenvalue weighted by Crippen LogP contribution is -2.37. The van der Waals surface area contributed by atoms with Gasteiger partial charge in [-0.05, 0) is 67.8 Å². The summed E-state index contributed by atoms with van der Waals surface area (Å²) < 4.78 is 0. The number of likely N-dealkylation sites (tertiary alicyclic amines) is 1. The number of phenolic OH excluding ortho intramolecular Hbond substituents is 1. The SMILES string of the molecule is CC(C)C1CCN(C2CCc3c(O)cccc32)CC1. The standard InChI is InChI=1S/C17H25NO/c1-12(2)13-8-10-18(11-9-13)16-7-6-15-14(16)4-3-5-17(15)19/h3-5,12-13,16,19H,6-11H2,1-2H3. The number of nitrogens with zero attached hydrogens (tertiary/aromatic N) is 1. The van der Waals surface area contributed by atoms with Crippen molar-refractivity contribution in [3.05, 3.63) is 29.3 Å². The lowest BCUT2D eigenvalue weighted by Gasteiger charge is -2.37. The van der Waals surface area contributed by atoms with Crippen LogP contribution in [0.2, 0.25) is 0 Å². The van der Waals surface area contributed by atoms with E-state index in [2.05, 4.69) is 24.8 Å². The van der Waals surface area contributed by atoms with Crippen LogP contribution in [0.3, 0.4) is 0 Å². The maximum Gasteiger partial charge on any atom is 0.119 e. The van der Waals surface area contributed by atoms with E-state index < -0.39 is 0 Å². The van der Waals surface area contributed by atoms with Crippen LogP contribution in [0.15, 0.2) is 18.2 Å². The zero-order chi connectivity index (χ0) is 13.4. The lowest BCUT2D eigenvalue weighted by molar-refractivity contribution is 0.114. The van der Waals surface area contributed by atoms with Gasteiger partial charge in [-0.2, -0.15) is 0 Å². The van der Waals surface area contributed by atoms with Crippen molar-refractivity contribution in [1.82, 2.24) is 4.90 Å². The third-order valence-electron chi connectivity index (χ3n) is 5.17. The van der Waals surface area contributed by atoms with Gasteiger partial charge in [0.1, 0.15) is 5.75 Å². The summed E-state index contributed by atoms with van der Waals surface area (Å²) in [7, 11) is 0. The predicted octanol–water partition coefficient (Wildman–Crippen LogP) is 3.75. The summed E-state index contributed by atoms with van der Waals surface area (Å²) in [6, 6.07) is 6.58. The highest BCUT2D eigenvalue weighted by atomic mass is 16.3. The van der Waals surface area contributed by atoms with Crippen LogP contribution < -0.4 is 0 Å². The fourth-order valence-corrected chi connectivity index (χ4v) is 3.89. The van der Waals surface area contributed by atoms with Gasteiger partial charge in [-0.1, -0.05) is 26.0 Å². The van der Waals surface area contributed by atoms with Crippen molar-refractivity contribution >= 4 is 0 Å². The fraction of sp³-hybridized carbons (Fsp3) is 0.647. The number of phenols is 1. The van der Waals surface area contributed by atoms with E-state index in [1.165, 1.54) is 43.5 Å². The molecule has 0 aromatic heterocycles. The summed E-state index contributed by atoms with van der Waals surface area (Å²) in [4.78, 5) is 2.64. The van der Waals surface area contributed by atoms with Crippen LogP contribution in [0.1, 0.15) is 50.3 Å². The van der Waals surface area contributed by atoms with Gasteiger partial charge in [0, 0.05) is 6.04 Å². The number of hydrogen-bond donors (Lipinski definition) is 1. The first-order valence-corrected chi connectivity index (χ1v) is 7.71. The largest absolute Gasteiger partial charge is 0.508 e. The van der Waals surface area contributed by atoms with Gasteiger partial charge < -0.3 is 5.11 Å². The molecule has 1 saturated heterocycles. The molecule has 0 radical (unpaired) electrons. The Morgan fingerprint density at radius 2 is 1.89 bits per heavy atom. The molecule has 1 N–H and O–H groups in total. The molecule has 0 bridgehead atoms. The average molecular weight is 259 g/mol. The highest BCUT2D eigenvalue weighted by molar-refractivity contribution is 5.44. The molecule has 1 fully saturated rings. The van der Waals surface area contributed by atoms with Gasteiger partial charge in [-0.15, -0.1) is 0 Å². The minimum absolute atomic E-state index is 0.497. The second-order valence-corrected chi connectivity index (χ2v) is 6.52. The van der Waals surface area contributed by atoms with E-state index in [1.54, 1.807) is 0 Å². The first kappa shape index (κ1) is 13.0. The van der Waals surface area contributed by atoms with Gasteiger partial charge in [0.05, 0.1) is 0 Å². The number of benzene rings is 1. The second-order valence-electron chi connectivity index (χ2n) is 6.52. The zero-order valence-electron chi connectivity index (χ0n) is 12.1. The maximum atomic E-state index is 9.94. The summed E-state index contributed by atoms with van der Waals surface area (Å²) >= 11 is 0. The molecule has 1 aromatic carbocycles. The van der Waals surface area contributed by atoms with Crippen LogP contribution in [-0.2, 0) is 6.42 Å². The zero-order valence-corrected chi connectivity index (χ0v) is 12.1. The van der Waals surface area contributed by atoms with Crippen molar-refractivity contribution in [3.63, 3.8) is 0 Å². The molecule has 19 heavy (non-hydrogen) atoms. The Bertz CT molecular complexity index is 447. The molecule has 1 heterocycles. The first-order chi connectivity index (χ1) is 9.16. The number of rotatable bonds is 2. The third-order valence-corrected chi connectivity index (χ3v) is 5.17. The Morgan fingerprint density at radius 3 is 2.58 bits per heavy atom. The first-order valence-electron chi connectivity index (χ1n) is 7.71. The molecule has 2 nitrogen and oxygen atoms in total. The van der Waals surface area contributed by atoms with Crippen LogP contribution in [0.25, 0.3) is 0 Å². The van der Waals surface area contributed by atoms with Crippen LogP contribution in [-0.4, -0.2) is 23.1 Å². The van der Waals surface area contributed by atoms with Crippen LogP contribution in [0.5, 0.6) is 5.75 Å². The van der Waals surface area contributed by atoms with Crippen molar-refractivity contribution in [2.75, 3.05) is 13.1 Å². The van der Waals surface area contributed by atoms with Crippen molar-refractivity contribution in [1.29, 1.82) is 0 Å². The van der Waals surface area contributed by atoms with Crippen LogP contribution >= 0.6 is 0 Å². The molecule has 1 aliphatic heterocycles. The van der Waals surface area contributed by atoms with Gasteiger partial charge in [-0.25, -0.2) is 0 Å². The topological polar surface area (TPSA) is 23.5 Å². The van der Waals surface area contributed by atoms with Crippen LogP contribution in [0, 0.1) is 11.8 Å². The molecule has 0 spiro atoms. The average Bonchev–Trinajstić information content (AvgIpc) is 2.84. The molecule has 1 aliphatic carbocycles. The molecule has 0 saturated carbocycles. The molecule has 104 valence electrons. The molecular weight excluding hydrogens is 234 g/mol. The summed E-state index contributed by atoms with van der Waals surface area (Å²) in [6.45, 7) is 7.15. The predicted molar refractivity (Wildman–Crippen MR) is 78.3 cm³/mol. The van der Waals surface area contributed by atoms with Gasteiger partial charge in [0.15, 0.2) is 0 Å². The molecule has 3 rings (SSSR count).